The van der Waals surface area contributed by atoms with Crippen molar-refractivity contribution < 1.29 is 9.47 Å². The van der Waals surface area contributed by atoms with Crippen LogP contribution in [0.1, 0.15) is 53.4 Å². The van der Waals surface area contributed by atoms with Crippen LogP contribution < -0.4 is 0 Å². The van der Waals surface area contributed by atoms with E-state index in [1.54, 1.807) is 7.11 Å². The van der Waals surface area contributed by atoms with E-state index in [9.17, 15) is 0 Å². The number of hydrogen-bond acceptors (Lipinski definition) is 3. The van der Waals surface area contributed by atoms with Gasteiger partial charge in [0.25, 0.3) is 0 Å². The van der Waals surface area contributed by atoms with E-state index < -0.39 is 0 Å². The highest BCUT2D eigenvalue weighted by Gasteiger charge is 2.16. The van der Waals surface area contributed by atoms with Gasteiger partial charge in [-0.2, -0.15) is 5.26 Å². The van der Waals surface area contributed by atoms with Crippen LogP contribution in [0.15, 0.2) is 0 Å². The fraction of sp³-hybridized carbons (Fsp3) is 0.929. The number of hydrogen-bond donors (Lipinski definition) is 0. The first-order valence-electron chi connectivity index (χ1n) is 6.37. The Balaban J connectivity index is 3.40. The van der Waals surface area contributed by atoms with Gasteiger partial charge in [-0.1, -0.05) is 0 Å². The van der Waals surface area contributed by atoms with Crippen LogP contribution in [-0.4, -0.2) is 25.9 Å². The Labute approximate surface area is 106 Å². The summed E-state index contributed by atoms with van der Waals surface area (Å²) in [5.41, 5.74) is -0.291. The second-order valence-corrected chi connectivity index (χ2v) is 5.78. The van der Waals surface area contributed by atoms with Crippen molar-refractivity contribution >= 4 is 0 Å². The van der Waals surface area contributed by atoms with Crippen LogP contribution >= 0.6 is 0 Å². The van der Waals surface area contributed by atoms with E-state index >= 15 is 0 Å². The summed E-state index contributed by atoms with van der Waals surface area (Å²) in [6.45, 7) is 9.60. The maximum absolute atomic E-state index is 8.86. The van der Waals surface area contributed by atoms with Crippen molar-refractivity contribution in [2.24, 2.45) is 5.41 Å². The molecule has 0 N–H and O–H groups in total. The lowest BCUT2D eigenvalue weighted by Crippen LogP contribution is -2.24. The molecule has 0 aliphatic rings. The largest absolute Gasteiger partial charge is 0.381 e. The highest BCUT2D eigenvalue weighted by molar-refractivity contribution is 4.91. The molecule has 0 rings (SSSR count). The summed E-state index contributed by atoms with van der Waals surface area (Å²) in [4.78, 5) is 0. The smallest absolute Gasteiger partial charge is 0.0683 e. The first-order valence-corrected chi connectivity index (χ1v) is 6.37. The Morgan fingerprint density at radius 2 is 1.65 bits per heavy atom. The van der Waals surface area contributed by atoms with Gasteiger partial charge in [0.2, 0.25) is 0 Å². The van der Waals surface area contributed by atoms with E-state index in [0.717, 1.165) is 38.9 Å². The fourth-order valence-corrected chi connectivity index (χ4v) is 1.35. The SMILES string of the molecule is COC(C)(C)CCOCCCCC(C)(C)C#N. The van der Waals surface area contributed by atoms with Crippen LogP contribution in [0.5, 0.6) is 0 Å². The second kappa shape index (κ2) is 7.68. The lowest BCUT2D eigenvalue weighted by molar-refractivity contribution is -0.0102. The van der Waals surface area contributed by atoms with Gasteiger partial charge in [0, 0.05) is 20.3 Å². The van der Waals surface area contributed by atoms with E-state index in [0.29, 0.717) is 0 Å². The molecule has 0 atom stereocenters. The Morgan fingerprint density at radius 1 is 1.00 bits per heavy atom. The van der Waals surface area contributed by atoms with Crippen LogP contribution in [0.3, 0.4) is 0 Å². The molecule has 0 unspecified atom stereocenters. The number of methoxy groups -OCH3 is 1. The van der Waals surface area contributed by atoms with Crippen molar-refractivity contribution in [3.05, 3.63) is 0 Å². The minimum Gasteiger partial charge on any atom is -0.381 e. The highest BCUT2D eigenvalue weighted by atomic mass is 16.5. The predicted octanol–water partition coefficient (Wildman–Crippen LogP) is 3.54. The Morgan fingerprint density at radius 3 is 2.18 bits per heavy atom. The molecular formula is C14H27NO2. The summed E-state index contributed by atoms with van der Waals surface area (Å²) in [6.07, 6.45) is 3.93. The van der Waals surface area contributed by atoms with Crippen LogP contribution in [-0.2, 0) is 9.47 Å². The van der Waals surface area contributed by atoms with E-state index in [-0.39, 0.29) is 11.0 Å². The first-order chi connectivity index (χ1) is 7.83. The maximum atomic E-state index is 8.86. The van der Waals surface area contributed by atoms with Crippen molar-refractivity contribution in [3.8, 4) is 6.07 Å². The third-order valence-electron chi connectivity index (χ3n) is 3.04. The van der Waals surface area contributed by atoms with Gasteiger partial charge in [-0.05, 0) is 53.4 Å². The number of ether oxygens (including phenoxy) is 2. The molecule has 0 fully saturated rings. The topological polar surface area (TPSA) is 42.2 Å². The van der Waals surface area contributed by atoms with Gasteiger partial charge >= 0.3 is 0 Å². The molecule has 0 amide bonds. The highest BCUT2D eigenvalue weighted by Crippen LogP contribution is 2.21. The standard InChI is InChI=1S/C14H27NO2/c1-13(2,12-15)8-6-7-10-17-11-9-14(3,4)16-5/h6-11H2,1-5H3. The van der Waals surface area contributed by atoms with E-state index in [1.165, 1.54) is 0 Å². The molecule has 0 aliphatic heterocycles. The summed E-state index contributed by atoms with van der Waals surface area (Å²) >= 11 is 0. The van der Waals surface area contributed by atoms with E-state index in [4.69, 9.17) is 14.7 Å². The Hall–Kier alpha value is -0.590. The molecule has 0 spiro atoms. The van der Waals surface area contributed by atoms with Gasteiger partial charge in [-0.15, -0.1) is 0 Å². The monoisotopic (exact) mass is 241 g/mol. The van der Waals surface area contributed by atoms with Crippen LogP contribution in [0.25, 0.3) is 0 Å². The van der Waals surface area contributed by atoms with E-state index in [2.05, 4.69) is 19.9 Å². The fourth-order valence-electron chi connectivity index (χ4n) is 1.35. The van der Waals surface area contributed by atoms with Crippen molar-refractivity contribution in [2.45, 2.75) is 59.0 Å². The minimum absolute atomic E-state index is 0.0944. The molecule has 3 nitrogen and oxygen atoms in total. The number of nitrogens with zero attached hydrogens (tertiary/aromatic N) is 1. The maximum Gasteiger partial charge on any atom is 0.0683 e. The Kier molecular flexibility index (Phi) is 7.41. The van der Waals surface area contributed by atoms with Crippen molar-refractivity contribution in [1.82, 2.24) is 0 Å². The molecule has 0 radical (unpaired) electrons. The molecule has 0 aromatic heterocycles. The van der Waals surface area contributed by atoms with Gasteiger partial charge in [0.05, 0.1) is 17.1 Å². The molecule has 0 saturated heterocycles. The lowest BCUT2D eigenvalue weighted by Gasteiger charge is -2.22. The molecule has 0 aromatic carbocycles. The van der Waals surface area contributed by atoms with E-state index in [1.807, 2.05) is 13.8 Å². The third kappa shape index (κ3) is 9.14. The van der Waals surface area contributed by atoms with Crippen molar-refractivity contribution in [2.75, 3.05) is 20.3 Å². The molecule has 3 heteroatoms. The minimum atomic E-state index is -0.196. The van der Waals surface area contributed by atoms with Gasteiger partial charge in [-0.25, -0.2) is 0 Å². The summed E-state index contributed by atoms with van der Waals surface area (Å²) < 4.78 is 10.9. The molecule has 0 saturated carbocycles. The normalized spacial score (nSPS) is 12.5. The third-order valence-corrected chi connectivity index (χ3v) is 3.04. The summed E-state index contributed by atoms with van der Waals surface area (Å²) in [7, 11) is 1.73. The summed E-state index contributed by atoms with van der Waals surface area (Å²) in [5, 5.41) is 8.86. The predicted molar refractivity (Wildman–Crippen MR) is 69.8 cm³/mol. The summed E-state index contributed by atoms with van der Waals surface area (Å²) in [6, 6.07) is 2.31. The number of rotatable bonds is 9. The molecule has 0 heterocycles. The second-order valence-electron chi connectivity index (χ2n) is 5.78. The molecule has 0 aliphatic carbocycles. The molecule has 17 heavy (non-hydrogen) atoms. The number of nitriles is 1. The van der Waals surface area contributed by atoms with Gasteiger partial charge in [0.1, 0.15) is 0 Å². The van der Waals surface area contributed by atoms with Crippen LogP contribution in [0, 0.1) is 16.7 Å². The average Bonchev–Trinajstić information content (AvgIpc) is 2.27. The van der Waals surface area contributed by atoms with Crippen molar-refractivity contribution in [3.63, 3.8) is 0 Å². The first kappa shape index (κ1) is 16.4. The Bertz CT molecular complexity index is 241. The van der Waals surface area contributed by atoms with Gasteiger partial charge in [0.15, 0.2) is 0 Å². The quantitative estimate of drug-likeness (QED) is 0.580. The zero-order chi connectivity index (χ0) is 13.4. The average molecular weight is 241 g/mol. The van der Waals surface area contributed by atoms with Crippen molar-refractivity contribution in [1.29, 1.82) is 5.26 Å². The van der Waals surface area contributed by atoms with Gasteiger partial charge in [-0.3, -0.25) is 0 Å². The molecule has 0 aromatic rings. The van der Waals surface area contributed by atoms with Crippen LogP contribution in [0.2, 0.25) is 0 Å². The zero-order valence-electron chi connectivity index (χ0n) is 12.0. The summed E-state index contributed by atoms with van der Waals surface area (Å²) in [5.74, 6) is 0. The molecular weight excluding hydrogens is 214 g/mol. The lowest BCUT2D eigenvalue weighted by atomic mass is 9.89. The molecule has 0 bridgehead atoms. The van der Waals surface area contributed by atoms with Gasteiger partial charge < -0.3 is 9.47 Å². The molecule has 100 valence electrons. The number of unbranched alkanes of at least 4 members (excludes halogenated alkanes) is 1. The zero-order valence-corrected chi connectivity index (χ0v) is 12.0. The van der Waals surface area contributed by atoms with Crippen LogP contribution in [0.4, 0.5) is 0 Å².